The van der Waals surface area contributed by atoms with Crippen LogP contribution >= 0.6 is 0 Å². The van der Waals surface area contributed by atoms with Crippen LogP contribution in [0.3, 0.4) is 0 Å². The zero-order valence-electron chi connectivity index (χ0n) is 14.0. The molecule has 0 amide bonds. The largest absolute Gasteiger partial charge is 0.551 e. The Morgan fingerprint density at radius 1 is 1.00 bits per heavy atom. The summed E-state index contributed by atoms with van der Waals surface area (Å²) in [7, 11) is -1.91. The van der Waals surface area contributed by atoms with Gasteiger partial charge in [0, 0.05) is 6.04 Å². The van der Waals surface area contributed by atoms with Gasteiger partial charge in [-0.25, -0.2) is 0 Å². The number of rotatable bonds is 2. The van der Waals surface area contributed by atoms with Crippen LogP contribution in [0, 0.1) is 11.7 Å². The van der Waals surface area contributed by atoms with E-state index in [0.29, 0.717) is 0 Å². The highest BCUT2D eigenvalue weighted by Crippen LogP contribution is 2.36. The molecule has 2 nitrogen and oxygen atoms in total. The third kappa shape index (κ3) is 3.60. The Labute approximate surface area is 130 Å². The van der Waals surface area contributed by atoms with Gasteiger partial charge in [0.25, 0.3) is 0 Å². The molecule has 1 heterocycles. The van der Waals surface area contributed by atoms with Gasteiger partial charge >= 0.3 is 7.12 Å². The molecule has 0 unspecified atom stereocenters. The molecule has 0 aliphatic carbocycles. The molecular formula is C17H25BO2Si. The zero-order valence-corrected chi connectivity index (χ0v) is 15.0. The van der Waals surface area contributed by atoms with Crippen LogP contribution in [0.25, 0.3) is 0 Å². The maximum absolute atomic E-state index is 5.90. The quantitative estimate of drug-likeness (QED) is 0.616. The highest BCUT2D eigenvalue weighted by molar-refractivity contribution is 6.90. The average Bonchev–Trinajstić information content (AvgIpc) is 2.58. The van der Waals surface area contributed by atoms with Gasteiger partial charge in [0.15, 0.2) is 0 Å². The standard InChI is InChI=1S/C17H25BO2Si/c1-16(2)17(3,4)20-18(19-16)13-10-14-21(5,6)15-11-8-7-9-12-15/h7-9,11-12H,14H2,1-6H3. The maximum Gasteiger partial charge on any atom is 0.551 e. The highest BCUT2D eigenvalue weighted by Gasteiger charge is 2.50. The Hall–Kier alpha value is -1.02. The van der Waals surface area contributed by atoms with Crippen LogP contribution in [-0.4, -0.2) is 26.4 Å². The molecule has 0 spiro atoms. The summed E-state index contributed by atoms with van der Waals surface area (Å²) < 4.78 is 11.8. The van der Waals surface area contributed by atoms with Crippen molar-refractivity contribution in [3.8, 4) is 11.7 Å². The van der Waals surface area contributed by atoms with Crippen molar-refractivity contribution in [1.29, 1.82) is 0 Å². The second-order valence-electron chi connectivity index (χ2n) is 7.34. The van der Waals surface area contributed by atoms with E-state index in [2.05, 4.69) is 82.9 Å². The Balaban J connectivity index is 2.02. The normalized spacial score (nSPS) is 20.0. The van der Waals surface area contributed by atoms with Gasteiger partial charge in [0.2, 0.25) is 0 Å². The molecule has 1 aliphatic rings. The summed E-state index contributed by atoms with van der Waals surface area (Å²) in [4.78, 5) is 0. The lowest BCUT2D eigenvalue weighted by Crippen LogP contribution is -2.41. The van der Waals surface area contributed by atoms with Gasteiger partial charge in [0.05, 0.1) is 19.3 Å². The first-order valence-electron chi connectivity index (χ1n) is 7.54. The zero-order chi connectivity index (χ0) is 15.7. The third-order valence-corrected chi connectivity index (χ3v) is 7.52. The molecular weight excluding hydrogens is 275 g/mol. The van der Waals surface area contributed by atoms with Crippen LogP contribution in [0.1, 0.15) is 27.7 Å². The van der Waals surface area contributed by atoms with Gasteiger partial charge in [0.1, 0.15) is 0 Å². The molecule has 21 heavy (non-hydrogen) atoms. The Bertz CT molecular complexity index is 539. The van der Waals surface area contributed by atoms with E-state index in [-0.39, 0.29) is 11.2 Å². The van der Waals surface area contributed by atoms with E-state index in [9.17, 15) is 0 Å². The van der Waals surface area contributed by atoms with E-state index < -0.39 is 15.2 Å². The van der Waals surface area contributed by atoms with Crippen LogP contribution in [0.15, 0.2) is 30.3 Å². The van der Waals surface area contributed by atoms with Crippen LogP contribution in [0.2, 0.25) is 19.1 Å². The van der Waals surface area contributed by atoms with Crippen molar-refractivity contribution in [3.63, 3.8) is 0 Å². The second kappa shape index (κ2) is 5.64. The van der Waals surface area contributed by atoms with Crippen LogP contribution < -0.4 is 5.19 Å². The monoisotopic (exact) mass is 300 g/mol. The molecule has 0 saturated carbocycles. The van der Waals surface area contributed by atoms with Gasteiger partial charge in [-0.05, 0) is 27.7 Å². The van der Waals surface area contributed by atoms with Gasteiger partial charge < -0.3 is 9.31 Å². The topological polar surface area (TPSA) is 18.5 Å². The van der Waals surface area contributed by atoms with Crippen molar-refractivity contribution in [1.82, 2.24) is 0 Å². The number of benzene rings is 1. The van der Waals surface area contributed by atoms with Crippen molar-refractivity contribution in [2.45, 2.75) is 58.0 Å². The van der Waals surface area contributed by atoms with E-state index >= 15 is 0 Å². The van der Waals surface area contributed by atoms with Gasteiger partial charge in [-0.1, -0.05) is 54.4 Å². The smallest absolute Gasteiger partial charge is 0.392 e. The molecule has 0 N–H and O–H groups in total. The number of hydrogen-bond acceptors (Lipinski definition) is 2. The Morgan fingerprint density at radius 2 is 1.52 bits per heavy atom. The fourth-order valence-electron chi connectivity index (χ4n) is 2.25. The first kappa shape index (κ1) is 16.4. The van der Waals surface area contributed by atoms with E-state index in [1.54, 1.807) is 0 Å². The van der Waals surface area contributed by atoms with Gasteiger partial charge in [-0.3, -0.25) is 0 Å². The minimum Gasteiger partial charge on any atom is -0.392 e. The van der Waals surface area contributed by atoms with Gasteiger partial charge in [-0.15, -0.1) is 5.92 Å². The van der Waals surface area contributed by atoms with E-state index in [1.807, 2.05) is 0 Å². The molecule has 1 aromatic carbocycles. The fourth-order valence-corrected chi connectivity index (χ4v) is 4.09. The predicted molar refractivity (Wildman–Crippen MR) is 92.2 cm³/mol. The molecule has 1 saturated heterocycles. The minimum absolute atomic E-state index is 0.307. The summed E-state index contributed by atoms with van der Waals surface area (Å²) in [6.45, 7) is 12.9. The van der Waals surface area contributed by atoms with E-state index in [1.165, 1.54) is 5.19 Å². The summed E-state index contributed by atoms with van der Waals surface area (Å²) in [5.74, 6) is 6.46. The molecule has 0 bridgehead atoms. The highest BCUT2D eigenvalue weighted by atomic mass is 28.3. The molecule has 2 rings (SSSR count). The van der Waals surface area contributed by atoms with Crippen LogP contribution in [-0.2, 0) is 9.31 Å². The molecule has 4 heteroatoms. The lowest BCUT2D eigenvalue weighted by atomic mass is 9.90. The Morgan fingerprint density at radius 3 is 2.05 bits per heavy atom. The molecule has 0 atom stereocenters. The summed E-state index contributed by atoms with van der Waals surface area (Å²) in [6.07, 6.45) is 0. The molecule has 0 aromatic heterocycles. The van der Waals surface area contributed by atoms with Crippen molar-refractivity contribution in [3.05, 3.63) is 30.3 Å². The van der Waals surface area contributed by atoms with Gasteiger partial charge in [-0.2, -0.15) is 0 Å². The molecule has 1 aliphatic heterocycles. The van der Waals surface area contributed by atoms with Crippen molar-refractivity contribution in [2.75, 3.05) is 0 Å². The summed E-state index contributed by atoms with van der Waals surface area (Å²) >= 11 is 0. The third-order valence-electron chi connectivity index (χ3n) is 4.56. The predicted octanol–water partition coefficient (Wildman–Crippen LogP) is 3.24. The molecule has 1 fully saturated rings. The fraction of sp³-hybridized carbons (Fsp3) is 0.529. The average molecular weight is 300 g/mol. The lowest BCUT2D eigenvalue weighted by Gasteiger charge is -2.32. The summed E-state index contributed by atoms with van der Waals surface area (Å²) in [6, 6.07) is 11.6. The first-order chi connectivity index (χ1) is 9.64. The van der Waals surface area contributed by atoms with E-state index in [4.69, 9.17) is 9.31 Å². The first-order valence-corrected chi connectivity index (χ1v) is 10.7. The second-order valence-corrected chi connectivity index (χ2v) is 12.0. The Kier molecular flexibility index (Phi) is 4.39. The lowest BCUT2D eigenvalue weighted by molar-refractivity contribution is 0.00578. The van der Waals surface area contributed by atoms with Crippen LogP contribution in [0.5, 0.6) is 0 Å². The minimum atomic E-state index is -1.51. The van der Waals surface area contributed by atoms with E-state index in [0.717, 1.165) is 6.04 Å². The maximum atomic E-state index is 5.90. The summed E-state index contributed by atoms with van der Waals surface area (Å²) in [5, 5.41) is 1.44. The van der Waals surface area contributed by atoms with Crippen molar-refractivity contribution in [2.24, 2.45) is 0 Å². The number of hydrogen-bond donors (Lipinski definition) is 0. The SMILES string of the molecule is CC1(C)OB(C#CC[Si](C)(C)c2ccccc2)OC1(C)C. The van der Waals surface area contributed by atoms with Crippen molar-refractivity contribution >= 4 is 20.4 Å². The summed E-state index contributed by atoms with van der Waals surface area (Å²) in [5.41, 5.74) is -0.614. The molecule has 112 valence electrons. The van der Waals surface area contributed by atoms with Crippen molar-refractivity contribution < 1.29 is 9.31 Å². The molecule has 1 aromatic rings. The van der Waals surface area contributed by atoms with Crippen LogP contribution in [0.4, 0.5) is 0 Å². The molecule has 0 radical (unpaired) electrons.